The van der Waals surface area contributed by atoms with Gasteiger partial charge in [-0.25, -0.2) is 14.2 Å². The molecule has 228 valence electrons. The number of hydrogen-bond donors (Lipinski definition) is 1. The molecule has 3 aliphatic heterocycles. The molecule has 11 heteroatoms. The Bertz CT molecular complexity index is 1610. The van der Waals surface area contributed by atoms with Gasteiger partial charge in [0, 0.05) is 62.0 Å². The average molecular weight is 591 g/mol. The van der Waals surface area contributed by atoms with Crippen LogP contribution >= 0.6 is 0 Å². The lowest BCUT2D eigenvalue weighted by molar-refractivity contribution is -0.113. The van der Waals surface area contributed by atoms with Gasteiger partial charge in [-0.3, -0.25) is 4.79 Å². The average Bonchev–Trinajstić information content (AvgIpc) is 3.32. The van der Waals surface area contributed by atoms with Crippen LogP contribution in [0.2, 0.25) is 0 Å². The van der Waals surface area contributed by atoms with Crippen LogP contribution < -0.4 is 5.32 Å². The monoisotopic (exact) mass is 590 g/mol. The molecule has 0 aromatic carbocycles. The molecule has 2 aromatic rings. The Balaban J connectivity index is 1.24. The van der Waals surface area contributed by atoms with Crippen LogP contribution in [0, 0.1) is 12.7 Å². The largest absolute Gasteiger partial charge is 0.482 e. The number of carbonyl (C=O) groups is 2. The Kier molecular flexibility index (Phi) is 7.01. The van der Waals surface area contributed by atoms with Gasteiger partial charge >= 0.3 is 6.09 Å². The minimum absolute atomic E-state index is 0.167. The molecule has 4 aliphatic rings. The topological polar surface area (TPSA) is 91.6 Å². The summed E-state index contributed by atoms with van der Waals surface area (Å²) in [6.07, 6.45) is 13.6. The molecule has 2 fully saturated rings. The first-order valence-electron chi connectivity index (χ1n) is 14.7. The van der Waals surface area contributed by atoms with Crippen LogP contribution in [0.25, 0.3) is 5.65 Å². The number of likely N-dealkylation sites (N-methyl/N-ethyl adjacent to an activating group) is 1. The minimum Gasteiger partial charge on any atom is -0.482 e. The van der Waals surface area contributed by atoms with Gasteiger partial charge in [-0.05, 0) is 71.3 Å². The number of methoxy groups -OCH3 is 1. The third-order valence-electron chi connectivity index (χ3n) is 8.82. The second-order valence-corrected chi connectivity index (χ2v) is 12.8. The molecule has 1 unspecified atom stereocenters. The Labute approximate surface area is 251 Å². The van der Waals surface area contributed by atoms with Crippen LogP contribution in [0.3, 0.4) is 0 Å². The molecule has 43 heavy (non-hydrogen) atoms. The molecule has 1 atom stereocenters. The van der Waals surface area contributed by atoms with Crippen molar-refractivity contribution in [2.24, 2.45) is 0 Å². The lowest BCUT2D eigenvalue weighted by Crippen LogP contribution is -2.66. The number of nitrogens with one attached hydrogen (secondary N) is 1. The van der Waals surface area contributed by atoms with Gasteiger partial charge in [-0.15, -0.1) is 0 Å². The van der Waals surface area contributed by atoms with Crippen molar-refractivity contribution in [3.63, 3.8) is 0 Å². The van der Waals surface area contributed by atoms with E-state index in [1.807, 2.05) is 61.9 Å². The zero-order valence-electron chi connectivity index (χ0n) is 25.6. The molecule has 5 heterocycles. The minimum atomic E-state index is -0.527. The van der Waals surface area contributed by atoms with E-state index in [0.29, 0.717) is 22.8 Å². The highest BCUT2D eigenvalue weighted by atomic mass is 19.1. The fourth-order valence-electron chi connectivity index (χ4n) is 6.64. The smallest absolute Gasteiger partial charge is 0.410 e. The Morgan fingerprint density at radius 3 is 2.44 bits per heavy atom. The Morgan fingerprint density at radius 1 is 1.07 bits per heavy atom. The molecule has 0 bridgehead atoms. The van der Waals surface area contributed by atoms with E-state index >= 15 is 0 Å². The maximum atomic E-state index is 14.7. The van der Waals surface area contributed by atoms with Crippen molar-refractivity contribution < 1.29 is 23.5 Å². The molecular formula is C32H39FN6O4. The number of anilines is 1. The van der Waals surface area contributed by atoms with Crippen molar-refractivity contribution in [3.05, 3.63) is 77.0 Å². The second kappa shape index (κ2) is 10.5. The first-order valence-corrected chi connectivity index (χ1v) is 14.7. The predicted molar refractivity (Wildman–Crippen MR) is 161 cm³/mol. The van der Waals surface area contributed by atoms with E-state index in [4.69, 9.17) is 9.47 Å². The fourth-order valence-corrected chi connectivity index (χ4v) is 6.64. The Morgan fingerprint density at radius 2 is 1.79 bits per heavy atom. The molecule has 2 saturated heterocycles. The van der Waals surface area contributed by atoms with E-state index in [2.05, 4.69) is 15.2 Å². The highest BCUT2D eigenvalue weighted by Gasteiger charge is 2.51. The number of carbonyl (C=O) groups excluding carboxylic acids is 2. The summed E-state index contributed by atoms with van der Waals surface area (Å²) in [5.74, 6) is -0.202. The summed E-state index contributed by atoms with van der Waals surface area (Å²) in [5, 5.41) is 2.89. The number of fused-ring (bicyclic) bond motifs is 2. The zero-order valence-corrected chi connectivity index (χ0v) is 25.6. The molecule has 1 N–H and O–H groups in total. The molecule has 0 radical (unpaired) electrons. The van der Waals surface area contributed by atoms with Gasteiger partial charge in [0.05, 0.1) is 30.1 Å². The number of nitrogens with zero attached hydrogens (tertiary/aromatic N) is 5. The van der Waals surface area contributed by atoms with Gasteiger partial charge in [0.25, 0.3) is 5.91 Å². The second-order valence-electron chi connectivity index (χ2n) is 12.8. The van der Waals surface area contributed by atoms with Gasteiger partial charge in [-0.1, -0.05) is 0 Å². The first-order chi connectivity index (χ1) is 20.4. The summed E-state index contributed by atoms with van der Waals surface area (Å²) in [5.41, 5.74) is 3.09. The first kappa shape index (κ1) is 28.8. The van der Waals surface area contributed by atoms with Crippen LogP contribution in [-0.2, 0) is 14.3 Å². The number of allylic oxidation sites excluding steroid dienone is 4. The highest BCUT2D eigenvalue weighted by molar-refractivity contribution is 6.06. The van der Waals surface area contributed by atoms with E-state index in [1.54, 1.807) is 30.8 Å². The van der Waals surface area contributed by atoms with Crippen molar-refractivity contribution in [2.45, 2.75) is 64.1 Å². The van der Waals surface area contributed by atoms with E-state index < -0.39 is 17.5 Å². The zero-order chi connectivity index (χ0) is 30.7. The quantitative estimate of drug-likeness (QED) is 0.550. The van der Waals surface area contributed by atoms with Crippen LogP contribution in [0.1, 0.15) is 45.7 Å². The third-order valence-corrected chi connectivity index (χ3v) is 8.82. The maximum absolute atomic E-state index is 14.7. The molecule has 2 amide bonds. The summed E-state index contributed by atoms with van der Waals surface area (Å²) in [6.45, 7) is 9.74. The van der Waals surface area contributed by atoms with Crippen LogP contribution in [0.5, 0.6) is 0 Å². The molecule has 1 aliphatic carbocycles. The van der Waals surface area contributed by atoms with Crippen LogP contribution in [0.4, 0.5) is 14.9 Å². The normalized spacial score (nSPS) is 21.4. The number of pyridine rings is 1. The number of aromatic nitrogens is 2. The number of hydrogen-bond acceptors (Lipinski definition) is 7. The summed E-state index contributed by atoms with van der Waals surface area (Å²) in [4.78, 5) is 36.9. The summed E-state index contributed by atoms with van der Waals surface area (Å²) in [7, 11) is 3.50. The summed E-state index contributed by atoms with van der Waals surface area (Å²) < 4.78 is 27.6. The van der Waals surface area contributed by atoms with Gasteiger partial charge in [0.1, 0.15) is 5.60 Å². The third kappa shape index (κ3) is 5.14. The van der Waals surface area contributed by atoms with Crippen LogP contribution in [-0.4, -0.2) is 87.1 Å². The number of amides is 2. The van der Waals surface area contributed by atoms with E-state index in [1.165, 1.54) is 6.07 Å². The van der Waals surface area contributed by atoms with Gasteiger partial charge in [-0.2, -0.15) is 0 Å². The van der Waals surface area contributed by atoms with E-state index in [-0.39, 0.29) is 23.2 Å². The predicted octanol–water partition coefficient (Wildman–Crippen LogP) is 4.75. The number of imidazole rings is 1. The number of aryl methyl sites for hydroxylation is 1. The molecule has 1 spiro atoms. The van der Waals surface area contributed by atoms with E-state index in [0.717, 1.165) is 50.2 Å². The number of piperidine rings is 1. The molecular weight excluding hydrogens is 551 g/mol. The molecule has 2 aromatic heterocycles. The highest BCUT2D eigenvalue weighted by Crippen LogP contribution is 2.43. The molecule has 0 saturated carbocycles. The number of rotatable bonds is 4. The lowest BCUT2D eigenvalue weighted by atomic mass is 9.76. The van der Waals surface area contributed by atoms with Crippen molar-refractivity contribution in [1.82, 2.24) is 24.1 Å². The standard InChI is InChI=1S/C32H39FN6O4/c1-20-18-38-19-21(17-24(33)28(38)34-20)35-29(40)23-7-9-25(22-8-10-26(42-6)36(5)27(22)23)37-14-11-32(12-15-37)13-16-39(32)30(41)43-31(2,3)4/h7-10,17-19,27H,11-16H2,1-6H3,(H,35,40). The summed E-state index contributed by atoms with van der Waals surface area (Å²) >= 11 is 0. The van der Waals surface area contributed by atoms with Gasteiger partial charge in [0.2, 0.25) is 0 Å². The molecule has 10 nitrogen and oxygen atoms in total. The Hall–Kier alpha value is -4.28. The fraction of sp³-hybridized carbons (Fsp3) is 0.469. The SMILES string of the molecule is COC1=CC=C2C(N3CCC4(CC3)CCN4C(=O)OC(C)(C)C)=CC=C(C(=O)Nc3cc(F)c4nc(C)cn4c3)C2N1C. The van der Waals surface area contributed by atoms with Gasteiger partial charge < -0.3 is 33.9 Å². The van der Waals surface area contributed by atoms with E-state index in [9.17, 15) is 14.0 Å². The maximum Gasteiger partial charge on any atom is 0.410 e. The van der Waals surface area contributed by atoms with Crippen molar-refractivity contribution in [1.29, 1.82) is 0 Å². The van der Waals surface area contributed by atoms with Crippen molar-refractivity contribution >= 4 is 23.3 Å². The summed E-state index contributed by atoms with van der Waals surface area (Å²) in [6, 6.07) is 0.887. The lowest BCUT2D eigenvalue weighted by Gasteiger charge is -2.56. The van der Waals surface area contributed by atoms with Crippen LogP contribution in [0.15, 0.2) is 65.5 Å². The van der Waals surface area contributed by atoms with Gasteiger partial charge in [0.15, 0.2) is 17.3 Å². The van der Waals surface area contributed by atoms with Crippen molar-refractivity contribution in [3.8, 4) is 0 Å². The number of likely N-dealkylation sites (tertiary alicyclic amines) is 2. The molecule has 6 rings (SSSR count). The number of halogens is 1. The van der Waals surface area contributed by atoms with Crippen molar-refractivity contribution in [2.75, 3.05) is 39.1 Å². The number of ether oxygens (including phenoxy) is 2.